The summed E-state index contributed by atoms with van der Waals surface area (Å²) in [5.74, 6) is -1.84. The van der Waals surface area contributed by atoms with E-state index in [1.807, 2.05) is 0 Å². The zero-order chi connectivity index (χ0) is 10.9. The van der Waals surface area contributed by atoms with Crippen molar-refractivity contribution in [1.82, 2.24) is 4.98 Å². The lowest BCUT2D eigenvalue weighted by Crippen LogP contribution is -2.11. The molecule has 0 unspecified atom stereocenters. The summed E-state index contributed by atoms with van der Waals surface area (Å²) in [4.78, 5) is 13.7. The molecule has 0 atom stereocenters. The van der Waals surface area contributed by atoms with Crippen molar-refractivity contribution in [3.05, 3.63) is 29.3 Å². The van der Waals surface area contributed by atoms with E-state index in [4.69, 9.17) is 0 Å². The van der Waals surface area contributed by atoms with Crippen LogP contribution in [0.1, 0.15) is 23.1 Å². The number of aromatic nitrogens is 1. The van der Waals surface area contributed by atoms with Crippen molar-refractivity contribution in [2.75, 3.05) is 0 Å². The van der Waals surface area contributed by atoms with Crippen LogP contribution in [0.5, 0.6) is 0 Å². The largest absolute Gasteiger partial charge is 0.433 e. The summed E-state index contributed by atoms with van der Waals surface area (Å²) in [6.45, 7) is 1.02. The predicted molar refractivity (Wildman–Crippen MR) is 39.2 cm³/mol. The second kappa shape index (κ2) is 3.36. The van der Waals surface area contributed by atoms with Gasteiger partial charge in [0.2, 0.25) is 0 Å². The number of carbonyl (C=O) groups excluding carboxylic acids is 1. The van der Waals surface area contributed by atoms with Crippen LogP contribution in [0.4, 0.5) is 17.6 Å². The fourth-order valence-corrected chi connectivity index (χ4v) is 0.823. The molecule has 6 heteroatoms. The lowest BCUT2D eigenvalue weighted by molar-refractivity contribution is -0.141. The molecule has 0 radical (unpaired) electrons. The molecule has 0 spiro atoms. The zero-order valence-electron chi connectivity index (χ0n) is 7.02. The van der Waals surface area contributed by atoms with Gasteiger partial charge in [-0.2, -0.15) is 13.2 Å². The minimum absolute atomic E-state index is 0.243. The maximum atomic E-state index is 12.6. The minimum Gasteiger partial charge on any atom is -0.293 e. The van der Waals surface area contributed by atoms with E-state index in [9.17, 15) is 22.4 Å². The third-order valence-corrected chi connectivity index (χ3v) is 1.44. The van der Waals surface area contributed by atoms with Crippen molar-refractivity contribution in [3.8, 4) is 0 Å². The Hall–Kier alpha value is -1.46. The van der Waals surface area contributed by atoms with Gasteiger partial charge in [0.15, 0.2) is 5.78 Å². The maximum absolute atomic E-state index is 12.6. The van der Waals surface area contributed by atoms with Crippen LogP contribution in [0.2, 0.25) is 0 Å². The third-order valence-electron chi connectivity index (χ3n) is 1.44. The molecule has 0 bridgehead atoms. The molecule has 0 N–H and O–H groups in total. The first-order valence-electron chi connectivity index (χ1n) is 3.56. The Morgan fingerprint density at radius 2 is 1.93 bits per heavy atom. The molecule has 0 amide bonds. The summed E-state index contributed by atoms with van der Waals surface area (Å²) in [6.07, 6.45) is -4.74. The Morgan fingerprint density at radius 3 is 2.36 bits per heavy atom. The molecular formula is C8H5F4NO. The second-order valence-corrected chi connectivity index (χ2v) is 2.61. The van der Waals surface area contributed by atoms with Crippen LogP contribution < -0.4 is 0 Å². The van der Waals surface area contributed by atoms with Gasteiger partial charge in [-0.25, -0.2) is 9.37 Å². The molecular weight excluding hydrogens is 202 g/mol. The first-order chi connectivity index (χ1) is 6.30. The molecule has 0 aromatic carbocycles. The van der Waals surface area contributed by atoms with E-state index in [0.717, 1.165) is 6.92 Å². The smallest absolute Gasteiger partial charge is 0.293 e. The third kappa shape index (κ3) is 2.27. The molecule has 1 heterocycles. The summed E-state index contributed by atoms with van der Waals surface area (Å²) < 4.78 is 48.8. The van der Waals surface area contributed by atoms with Crippen LogP contribution in [-0.4, -0.2) is 10.8 Å². The van der Waals surface area contributed by atoms with Crippen molar-refractivity contribution < 1.29 is 22.4 Å². The highest BCUT2D eigenvalue weighted by atomic mass is 19.4. The van der Waals surface area contributed by atoms with Crippen LogP contribution in [0, 0.1) is 5.82 Å². The van der Waals surface area contributed by atoms with Gasteiger partial charge in [0.1, 0.15) is 17.2 Å². The molecule has 0 saturated heterocycles. The topological polar surface area (TPSA) is 30.0 Å². The van der Waals surface area contributed by atoms with E-state index < -0.39 is 29.2 Å². The zero-order valence-corrected chi connectivity index (χ0v) is 7.02. The van der Waals surface area contributed by atoms with E-state index >= 15 is 0 Å². The number of rotatable bonds is 1. The number of pyridine rings is 1. The summed E-state index contributed by atoms with van der Waals surface area (Å²) in [6, 6.07) is 0.907. The quantitative estimate of drug-likeness (QED) is 0.523. The SMILES string of the molecule is CC(=O)c1cc(F)cc(C(F)(F)F)n1. The van der Waals surface area contributed by atoms with E-state index in [2.05, 4.69) is 4.98 Å². The van der Waals surface area contributed by atoms with Crippen LogP contribution in [0.3, 0.4) is 0 Å². The number of nitrogens with zero attached hydrogens (tertiary/aromatic N) is 1. The molecule has 76 valence electrons. The van der Waals surface area contributed by atoms with E-state index in [1.165, 1.54) is 0 Å². The fourth-order valence-electron chi connectivity index (χ4n) is 0.823. The summed E-state index contributed by atoms with van der Waals surface area (Å²) in [5, 5.41) is 0. The monoisotopic (exact) mass is 207 g/mol. The lowest BCUT2D eigenvalue weighted by Gasteiger charge is -2.06. The van der Waals surface area contributed by atoms with Gasteiger partial charge in [-0.05, 0) is 0 Å². The van der Waals surface area contributed by atoms with Gasteiger partial charge in [0.05, 0.1) is 0 Å². The molecule has 0 aliphatic rings. The molecule has 0 aliphatic heterocycles. The summed E-state index contributed by atoms with van der Waals surface area (Å²) in [5.41, 5.74) is -1.93. The molecule has 2 nitrogen and oxygen atoms in total. The molecule has 1 rings (SSSR count). The van der Waals surface area contributed by atoms with Gasteiger partial charge in [-0.1, -0.05) is 0 Å². The predicted octanol–water partition coefficient (Wildman–Crippen LogP) is 2.44. The average molecular weight is 207 g/mol. The summed E-state index contributed by atoms with van der Waals surface area (Å²) in [7, 11) is 0. The van der Waals surface area contributed by atoms with Crippen molar-refractivity contribution in [2.24, 2.45) is 0 Å². The number of carbonyl (C=O) groups is 1. The van der Waals surface area contributed by atoms with Gasteiger partial charge in [0.25, 0.3) is 0 Å². The minimum atomic E-state index is -4.74. The van der Waals surface area contributed by atoms with Crippen molar-refractivity contribution in [3.63, 3.8) is 0 Å². The molecule has 0 saturated carbocycles. The standard InChI is InChI=1S/C8H5F4NO/c1-4(14)6-2-5(9)3-7(13-6)8(10,11)12/h2-3H,1H3. The van der Waals surface area contributed by atoms with Crippen LogP contribution in [0.25, 0.3) is 0 Å². The Balaban J connectivity index is 3.28. The Labute approximate surface area is 76.6 Å². The number of hydrogen-bond donors (Lipinski definition) is 0. The van der Waals surface area contributed by atoms with Gasteiger partial charge in [-0.15, -0.1) is 0 Å². The molecule has 1 aromatic rings. The van der Waals surface area contributed by atoms with Crippen molar-refractivity contribution >= 4 is 5.78 Å². The highest BCUT2D eigenvalue weighted by Crippen LogP contribution is 2.28. The lowest BCUT2D eigenvalue weighted by atomic mass is 10.2. The van der Waals surface area contributed by atoms with Crippen molar-refractivity contribution in [1.29, 1.82) is 0 Å². The highest BCUT2D eigenvalue weighted by Gasteiger charge is 2.33. The van der Waals surface area contributed by atoms with E-state index in [1.54, 1.807) is 0 Å². The van der Waals surface area contributed by atoms with Crippen LogP contribution >= 0.6 is 0 Å². The molecule has 0 aliphatic carbocycles. The Morgan fingerprint density at radius 1 is 1.36 bits per heavy atom. The molecule has 14 heavy (non-hydrogen) atoms. The number of ketones is 1. The van der Waals surface area contributed by atoms with Gasteiger partial charge >= 0.3 is 6.18 Å². The van der Waals surface area contributed by atoms with Crippen LogP contribution in [-0.2, 0) is 6.18 Å². The highest BCUT2D eigenvalue weighted by molar-refractivity contribution is 5.92. The van der Waals surface area contributed by atoms with E-state index in [-0.39, 0.29) is 6.07 Å². The average Bonchev–Trinajstić information content (AvgIpc) is 2.01. The number of halogens is 4. The number of alkyl halides is 3. The van der Waals surface area contributed by atoms with Crippen molar-refractivity contribution in [2.45, 2.75) is 13.1 Å². The number of Topliss-reactive ketones (excluding diaryl/α,β-unsaturated/α-hetero) is 1. The van der Waals surface area contributed by atoms with Gasteiger partial charge in [-0.3, -0.25) is 4.79 Å². The molecule has 0 fully saturated rings. The van der Waals surface area contributed by atoms with Gasteiger partial charge in [0, 0.05) is 19.1 Å². The Bertz CT molecular complexity index is 372. The first kappa shape index (κ1) is 10.6. The summed E-state index contributed by atoms with van der Waals surface area (Å²) >= 11 is 0. The second-order valence-electron chi connectivity index (χ2n) is 2.61. The van der Waals surface area contributed by atoms with E-state index in [0.29, 0.717) is 6.07 Å². The normalized spacial score (nSPS) is 11.5. The van der Waals surface area contributed by atoms with Gasteiger partial charge < -0.3 is 0 Å². The maximum Gasteiger partial charge on any atom is 0.433 e. The fraction of sp³-hybridized carbons (Fsp3) is 0.250. The van der Waals surface area contributed by atoms with Crippen LogP contribution in [0.15, 0.2) is 12.1 Å². The Kier molecular flexibility index (Phi) is 2.55. The molecule has 1 aromatic heterocycles. The number of hydrogen-bond acceptors (Lipinski definition) is 2. The first-order valence-corrected chi connectivity index (χ1v) is 3.56.